The lowest BCUT2D eigenvalue weighted by atomic mass is 10.1. The van der Waals surface area contributed by atoms with E-state index < -0.39 is 10.1 Å². The van der Waals surface area contributed by atoms with Crippen LogP contribution in [0.4, 0.5) is 0 Å². The zero-order valence-corrected chi connectivity index (χ0v) is 9.02. The molecule has 0 atom stereocenters. The van der Waals surface area contributed by atoms with E-state index in [2.05, 4.69) is 6.92 Å². The maximum atomic E-state index is 10.3. The Bertz CT molecular complexity index is 197. The third kappa shape index (κ3) is 11.9. The number of unbranched alkanes of at least 4 members (excludes halogenated alkanes) is 6. The summed E-state index contributed by atoms with van der Waals surface area (Å²) >= 11 is 0. The van der Waals surface area contributed by atoms with Gasteiger partial charge in [-0.15, -0.1) is 0 Å². The van der Waals surface area contributed by atoms with E-state index in [-0.39, 0.29) is 0 Å². The molecule has 3 nitrogen and oxygen atoms in total. The smallest absolute Gasteiger partial charge is 0.269 e. The molecule has 0 aromatic rings. The summed E-state index contributed by atoms with van der Waals surface area (Å²) in [5.41, 5.74) is 0. The zero-order chi connectivity index (χ0) is 10.2. The zero-order valence-electron chi connectivity index (χ0n) is 8.20. The number of rotatable bonds is 8. The van der Waals surface area contributed by atoms with Gasteiger partial charge in [0.25, 0.3) is 10.1 Å². The van der Waals surface area contributed by atoms with Crippen molar-refractivity contribution in [3.8, 4) is 0 Å². The first kappa shape index (κ1) is 12.9. The molecule has 0 spiro atoms. The van der Waals surface area contributed by atoms with Gasteiger partial charge in [-0.25, -0.2) is 0 Å². The van der Waals surface area contributed by atoms with Crippen molar-refractivity contribution >= 4 is 10.1 Å². The molecule has 0 aliphatic heterocycles. The Hall–Kier alpha value is -0.0900. The molecule has 0 amide bonds. The van der Waals surface area contributed by atoms with E-state index in [9.17, 15) is 8.42 Å². The predicted molar refractivity (Wildman–Crippen MR) is 53.8 cm³/mol. The molecule has 0 fully saturated rings. The van der Waals surface area contributed by atoms with E-state index >= 15 is 0 Å². The Labute approximate surface area is 81.3 Å². The highest BCUT2D eigenvalue weighted by atomic mass is 32.2. The van der Waals surface area contributed by atoms with Crippen molar-refractivity contribution in [1.82, 2.24) is 0 Å². The van der Waals surface area contributed by atoms with Gasteiger partial charge in [-0.05, 0) is 6.42 Å². The highest BCUT2D eigenvalue weighted by molar-refractivity contribution is 7.87. The van der Waals surface area contributed by atoms with Crippen LogP contribution in [0.15, 0.2) is 0 Å². The molecule has 0 aromatic heterocycles. The van der Waals surface area contributed by atoms with E-state index in [0.717, 1.165) is 25.0 Å². The van der Waals surface area contributed by atoms with Crippen LogP contribution in [0, 0.1) is 5.75 Å². The maximum absolute atomic E-state index is 10.3. The van der Waals surface area contributed by atoms with Gasteiger partial charge in [0.15, 0.2) is 0 Å². The number of hydrogen-bond acceptors (Lipinski definition) is 2. The van der Waals surface area contributed by atoms with Crippen molar-refractivity contribution in [1.29, 1.82) is 0 Å². The molecule has 79 valence electrons. The summed E-state index contributed by atoms with van der Waals surface area (Å²) in [6.45, 7) is 2.16. The van der Waals surface area contributed by atoms with Gasteiger partial charge in [-0.2, -0.15) is 8.42 Å². The van der Waals surface area contributed by atoms with E-state index in [1.54, 1.807) is 0 Å². The van der Waals surface area contributed by atoms with E-state index in [1.807, 2.05) is 0 Å². The summed E-state index contributed by atoms with van der Waals surface area (Å²) in [6.07, 6.45) is 7.22. The molecule has 1 N–H and O–H groups in total. The van der Waals surface area contributed by atoms with Gasteiger partial charge in [0.05, 0.1) is 0 Å². The summed E-state index contributed by atoms with van der Waals surface area (Å²) in [7, 11) is -3.85. The molecule has 13 heavy (non-hydrogen) atoms. The fraction of sp³-hybridized carbons (Fsp3) is 0.889. The lowest BCUT2D eigenvalue weighted by molar-refractivity contribution is 0.486. The minimum atomic E-state index is -3.85. The molecule has 0 rings (SSSR count). The fourth-order valence-electron chi connectivity index (χ4n) is 1.16. The maximum Gasteiger partial charge on any atom is 0.269 e. The quantitative estimate of drug-likeness (QED) is 0.492. The monoisotopic (exact) mass is 207 g/mol. The normalized spacial score (nSPS) is 11.8. The molecule has 0 bridgehead atoms. The molecular weight excluding hydrogens is 188 g/mol. The molecule has 0 aliphatic carbocycles. The molecule has 1 radical (unpaired) electrons. The lowest BCUT2D eigenvalue weighted by Gasteiger charge is -1.98. The topological polar surface area (TPSA) is 54.4 Å². The lowest BCUT2D eigenvalue weighted by Crippen LogP contribution is -1.96. The highest BCUT2D eigenvalue weighted by Crippen LogP contribution is 2.09. The Kier molecular flexibility index (Phi) is 7.28. The molecule has 4 heteroatoms. The molecule has 0 unspecified atom stereocenters. The fourth-order valence-corrected chi connectivity index (χ4v) is 1.62. The molecule has 0 aliphatic rings. The van der Waals surface area contributed by atoms with Gasteiger partial charge in [-0.1, -0.05) is 45.4 Å². The van der Waals surface area contributed by atoms with Crippen LogP contribution in [0.1, 0.15) is 51.9 Å². The first-order chi connectivity index (χ1) is 6.06. The molecule has 0 saturated heterocycles. The van der Waals surface area contributed by atoms with Gasteiger partial charge in [0.1, 0.15) is 5.75 Å². The Morgan fingerprint density at radius 1 is 1.08 bits per heavy atom. The Balaban J connectivity index is 3.09. The van der Waals surface area contributed by atoms with Crippen molar-refractivity contribution in [2.45, 2.75) is 51.9 Å². The van der Waals surface area contributed by atoms with Gasteiger partial charge in [0, 0.05) is 0 Å². The summed E-state index contributed by atoms with van der Waals surface area (Å²) in [5.74, 6) is 0.979. The Morgan fingerprint density at radius 2 is 1.62 bits per heavy atom. The van der Waals surface area contributed by atoms with Gasteiger partial charge < -0.3 is 0 Å². The molecule has 0 saturated carbocycles. The minimum Gasteiger partial charge on any atom is -0.285 e. The van der Waals surface area contributed by atoms with Crippen molar-refractivity contribution in [3.05, 3.63) is 5.75 Å². The second-order valence-electron chi connectivity index (χ2n) is 3.24. The summed E-state index contributed by atoms with van der Waals surface area (Å²) in [5, 5.41) is 0. The van der Waals surface area contributed by atoms with Crippen molar-refractivity contribution in [3.63, 3.8) is 0 Å². The Morgan fingerprint density at radius 3 is 2.15 bits per heavy atom. The van der Waals surface area contributed by atoms with Gasteiger partial charge in [0.2, 0.25) is 0 Å². The number of hydrogen-bond donors (Lipinski definition) is 1. The first-order valence-electron chi connectivity index (χ1n) is 4.87. The predicted octanol–water partition coefficient (Wildman–Crippen LogP) is 2.79. The average molecular weight is 207 g/mol. The van der Waals surface area contributed by atoms with Gasteiger partial charge in [-0.3, -0.25) is 4.55 Å². The van der Waals surface area contributed by atoms with Crippen LogP contribution < -0.4 is 0 Å². The van der Waals surface area contributed by atoms with Crippen LogP contribution in [-0.2, 0) is 10.1 Å². The third-order valence-corrected chi connectivity index (χ3v) is 2.54. The van der Waals surface area contributed by atoms with Crippen molar-refractivity contribution in [2.75, 3.05) is 0 Å². The average Bonchev–Trinajstić information content (AvgIpc) is 2.01. The van der Waals surface area contributed by atoms with Crippen LogP contribution in [0.3, 0.4) is 0 Å². The summed E-state index contributed by atoms with van der Waals surface area (Å²) < 4.78 is 28.9. The summed E-state index contributed by atoms with van der Waals surface area (Å²) in [6, 6.07) is 0. The molecular formula is C9H19O3S. The van der Waals surface area contributed by atoms with E-state index in [4.69, 9.17) is 4.55 Å². The highest BCUT2D eigenvalue weighted by Gasteiger charge is 2.03. The molecule has 0 heterocycles. The van der Waals surface area contributed by atoms with E-state index in [0.29, 0.717) is 6.42 Å². The van der Waals surface area contributed by atoms with E-state index in [1.165, 1.54) is 19.3 Å². The van der Waals surface area contributed by atoms with Gasteiger partial charge >= 0.3 is 0 Å². The SMILES string of the molecule is CCCCCCCC[CH]S(=O)(=O)O. The van der Waals surface area contributed by atoms with Crippen LogP contribution >= 0.6 is 0 Å². The van der Waals surface area contributed by atoms with Crippen molar-refractivity contribution in [2.24, 2.45) is 0 Å². The third-order valence-electron chi connectivity index (χ3n) is 1.89. The van der Waals surface area contributed by atoms with Crippen LogP contribution in [0.25, 0.3) is 0 Å². The standard InChI is InChI=1S/C9H19O3S/c1-2-3-4-5-6-7-8-9-13(10,11)12/h9H,2-8H2,1H3,(H,10,11,12). The van der Waals surface area contributed by atoms with Crippen LogP contribution in [-0.4, -0.2) is 13.0 Å². The second kappa shape index (κ2) is 7.33. The minimum absolute atomic E-state index is 0.463. The largest absolute Gasteiger partial charge is 0.285 e. The van der Waals surface area contributed by atoms with Crippen LogP contribution in [0.5, 0.6) is 0 Å². The van der Waals surface area contributed by atoms with Crippen molar-refractivity contribution < 1.29 is 13.0 Å². The molecule has 0 aromatic carbocycles. The second-order valence-corrected chi connectivity index (χ2v) is 4.60. The summed E-state index contributed by atoms with van der Waals surface area (Å²) in [4.78, 5) is 0. The first-order valence-corrected chi connectivity index (χ1v) is 6.37. The van der Waals surface area contributed by atoms with Crippen LogP contribution in [0.2, 0.25) is 0 Å².